The number of likely N-dealkylation sites (N-methyl/N-ethyl adjacent to an activating group) is 1. The largest absolute Gasteiger partial charge is 0.383 e. The predicted octanol–water partition coefficient (Wildman–Crippen LogP) is 1.85. The molecule has 0 aromatic carbocycles. The Morgan fingerprint density at radius 1 is 1.22 bits per heavy atom. The summed E-state index contributed by atoms with van der Waals surface area (Å²) in [4.78, 5) is 16.5. The van der Waals surface area contributed by atoms with Crippen LogP contribution in [-0.4, -0.2) is 62.7 Å². The number of hydrogen-bond acceptors (Lipinski definition) is 3. The van der Waals surface area contributed by atoms with Crippen molar-refractivity contribution in [1.29, 1.82) is 0 Å². The van der Waals surface area contributed by atoms with E-state index in [0.717, 1.165) is 45.6 Å². The van der Waals surface area contributed by atoms with Gasteiger partial charge < -0.3 is 14.5 Å². The van der Waals surface area contributed by atoms with E-state index >= 15 is 0 Å². The standard InChI is InChI=1S/C14H30N2O2/c1-6-9-13(12-15(4)10-11-18-5)14(17)16(7-2)8-3/h13H,6-12H2,1-5H3. The van der Waals surface area contributed by atoms with Gasteiger partial charge in [0, 0.05) is 33.3 Å². The molecule has 0 N–H and O–H groups in total. The zero-order chi connectivity index (χ0) is 14.0. The van der Waals surface area contributed by atoms with E-state index in [0.29, 0.717) is 5.91 Å². The predicted molar refractivity (Wildman–Crippen MR) is 75.7 cm³/mol. The topological polar surface area (TPSA) is 32.8 Å². The van der Waals surface area contributed by atoms with E-state index in [4.69, 9.17) is 4.74 Å². The number of hydrogen-bond donors (Lipinski definition) is 0. The summed E-state index contributed by atoms with van der Waals surface area (Å²) >= 11 is 0. The summed E-state index contributed by atoms with van der Waals surface area (Å²) in [7, 11) is 3.76. The number of nitrogens with zero attached hydrogens (tertiary/aromatic N) is 2. The summed E-state index contributed by atoms with van der Waals surface area (Å²) in [5.74, 6) is 0.419. The lowest BCUT2D eigenvalue weighted by atomic mass is 10.0. The quantitative estimate of drug-likeness (QED) is 0.599. The van der Waals surface area contributed by atoms with E-state index in [1.807, 2.05) is 18.7 Å². The minimum atomic E-state index is 0.122. The van der Waals surface area contributed by atoms with Gasteiger partial charge in [-0.3, -0.25) is 4.79 Å². The second-order valence-electron chi connectivity index (χ2n) is 4.75. The molecule has 0 aliphatic rings. The van der Waals surface area contributed by atoms with E-state index in [1.54, 1.807) is 7.11 Å². The van der Waals surface area contributed by atoms with Gasteiger partial charge in [-0.2, -0.15) is 0 Å². The second-order valence-corrected chi connectivity index (χ2v) is 4.75. The van der Waals surface area contributed by atoms with E-state index in [2.05, 4.69) is 18.9 Å². The smallest absolute Gasteiger partial charge is 0.226 e. The third-order valence-electron chi connectivity index (χ3n) is 3.27. The molecule has 0 bridgehead atoms. The number of carbonyl (C=O) groups excluding carboxylic acids is 1. The highest BCUT2D eigenvalue weighted by Crippen LogP contribution is 2.12. The Hall–Kier alpha value is -0.610. The number of rotatable bonds is 10. The van der Waals surface area contributed by atoms with Crippen LogP contribution < -0.4 is 0 Å². The van der Waals surface area contributed by atoms with Crippen LogP contribution in [0.15, 0.2) is 0 Å². The Morgan fingerprint density at radius 2 is 1.83 bits per heavy atom. The fraction of sp³-hybridized carbons (Fsp3) is 0.929. The maximum absolute atomic E-state index is 12.4. The molecule has 1 amide bonds. The molecular weight excluding hydrogens is 228 g/mol. The molecule has 4 nitrogen and oxygen atoms in total. The highest BCUT2D eigenvalue weighted by atomic mass is 16.5. The van der Waals surface area contributed by atoms with Crippen molar-refractivity contribution in [3.63, 3.8) is 0 Å². The number of amides is 1. The summed E-state index contributed by atoms with van der Waals surface area (Å²) in [5.41, 5.74) is 0. The molecule has 0 fully saturated rings. The molecular formula is C14H30N2O2. The van der Waals surface area contributed by atoms with Crippen molar-refractivity contribution in [2.24, 2.45) is 5.92 Å². The highest BCUT2D eigenvalue weighted by Gasteiger charge is 2.22. The van der Waals surface area contributed by atoms with Crippen LogP contribution in [0.5, 0.6) is 0 Å². The molecule has 1 atom stereocenters. The van der Waals surface area contributed by atoms with Crippen molar-refractivity contribution >= 4 is 5.91 Å². The number of ether oxygens (including phenoxy) is 1. The summed E-state index contributed by atoms with van der Waals surface area (Å²) in [6.45, 7) is 10.2. The van der Waals surface area contributed by atoms with Crippen LogP contribution in [0.25, 0.3) is 0 Å². The van der Waals surface area contributed by atoms with Crippen LogP contribution in [0.1, 0.15) is 33.6 Å². The Balaban J connectivity index is 4.39. The zero-order valence-corrected chi connectivity index (χ0v) is 12.7. The van der Waals surface area contributed by atoms with Crippen LogP contribution in [0.2, 0.25) is 0 Å². The van der Waals surface area contributed by atoms with Gasteiger partial charge in [0.2, 0.25) is 5.91 Å². The first-order valence-electron chi connectivity index (χ1n) is 7.06. The molecule has 0 saturated heterocycles. The zero-order valence-electron chi connectivity index (χ0n) is 12.7. The SMILES string of the molecule is CCCC(CN(C)CCOC)C(=O)N(CC)CC. The van der Waals surface area contributed by atoms with Gasteiger partial charge in [0.05, 0.1) is 12.5 Å². The lowest BCUT2D eigenvalue weighted by molar-refractivity contribution is -0.136. The van der Waals surface area contributed by atoms with Gasteiger partial charge in [-0.05, 0) is 27.3 Å². The van der Waals surface area contributed by atoms with Crippen molar-refractivity contribution in [3.8, 4) is 0 Å². The van der Waals surface area contributed by atoms with E-state index in [1.165, 1.54) is 0 Å². The van der Waals surface area contributed by atoms with Gasteiger partial charge >= 0.3 is 0 Å². The third-order valence-corrected chi connectivity index (χ3v) is 3.27. The molecule has 0 rings (SSSR count). The second kappa shape index (κ2) is 10.3. The lowest BCUT2D eigenvalue weighted by Crippen LogP contribution is -2.41. The molecule has 18 heavy (non-hydrogen) atoms. The molecule has 0 saturated carbocycles. The maximum Gasteiger partial charge on any atom is 0.226 e. The Labute approximate surface area is 112 Å². The van der Waals surface area contributed by atoms with Gasteiger partial charge in [-0.15, -0.1) is 0 Å². The molecule has 0 aliphatic heterocycles. The fourth-order valence-electron chi connectivity index (χ4n) is 2.15. The summed E-state index contributed by atoms with van der Waals surface area (Å²) in [6, 6.07) is 0. The van der Waals surface area contributed by atoms with Crippen molar-refractivity contribution in [3.05, 3.63) is 0 Å². The Kier molecular flexibility index (Phi) is 9.98. The average Bonchev–Trinajstić information content (AvgIpc) is 2.37. The molecule has 0 heterocycles. The van der Waals surface area contributed by atoms with Gasteiger partial charge in [-0.1, -0.05) is 13.3 Å². The summed E-state index contributed by atoms with van der Waals surface area (Å²) < 4.78 is 5.07. The minimum absolute atomic E-state index is 0.122. The van der Waals surface area contributed by atoms with Gasteiger partial charge in [0.15, 0.2) is 0 Å². The first-order chi connectivity index (χ1) is 8.60. The van der Waals surface area contributed by atoms with Crippen molar-refractivity contribution < 1.29 is 9.53 Å². The molecule has 0 radical (unpaired) electrons. The van der Waals surface area contributed by atoms with Crippen molar-refractivity contribution in [1.82, 2.24) is 9.80 Å². The van der Waals surface area contributed by atoms with E-state index in [9.17, 15) is 4.79 Å². The number of carbonyl (C=O) groups is 1. The fourth-order valence-corrected chi connectivity index (χ4v) is 2.15. The molecule has 1 unspecified atom stereocenters. The molecule has 0 spiro atoms. The first-order valence-corrected chi connectivity index (χ1v) is 7.06. The molecule has 4 heteroatoms. The minimum Gasteiger partial charge on any atom is -0.383 e. The summed E-state index contributed by atoms with van der Waals surface area (Å²) in [5, 5.41) is 0. The number of methoxy groups -OCH3 is 1. The molecule has 108 valence electrons. The molecule has 0 aliphatic carbocycles. The van der Waals surface area contributed by atoms with Gasteiger partial charge in [-0.25, -0.2) is 0 Å². The normalized spacial score (nSPS) is 12.8. The maximum atomic E-state index is 12.4. The molecule has 0 aromatic heterocycles. The van der Waals surface area contributed by atoms with Crippen LogP contribution in [0, 0.1) is 5.92 Å². The van der Waals surface area contributed by atoms with Crippen LogP contribution >= 0.6 is 0 Å². The van der Waals surface area contributed by atoms with Crippen LogP contribution in [0.3, 0.4) is 0 Å². The Morgan fingerprint density at radius 3 is 2.28 bits per heavy atom. The van der Waals surface area contributed by atoms with E-state index in [-0.39, 0.29) is 5.92 Å². The van der Waals surface area contributed by atoms with Crippen LogP contribution in [-0.2, 0) is 9.53 Å². The monoisotopic (exact) mass is 258 g/mol. The lowest BCUT2D eigenvalue weighted by Gasteiger charge is -2.28. The van der Waals surface area contributed by atoms with Gasteiger partial charge in [0.1, 0.15) is 0 Å². The first kappa shape index (κ1) is 17.4. The van der Waals surface area contributed by atoms with E-state index < -0.39 is 0 Å². The Bertz CT molecular complexity index is 218. The van der Waals surface area contributed by atoms with Crippen molar-refractivity contribution in [2.75, 3.05) is 46.9 Å². The summed E-state index contributed by atoms with van der Waals surface area (Å²) in [6.07, 6.45) is 2.02. The highest BCUT2D eigenvalue weighted by molar-refractivity contribution is 5.79. The molecule has 0 aromatic rings. The van der Waals surface area contributed by atoms with Gasteiger partial charge in [0.25, 0.3) is 0 Å². The third kappa shape index (κ3) is 6.36. The van der Waals surface area contributed by atoms with Crippen molar-refractivity contribution in [2.45, 2.75) is 33.6 Å². The van der Waals surface area contributed by atoms with Crippen LogP contribution in [0.4, 0.5) is 0 Å². The average molecular weight is 258 g/mol.